The van der Waals surface area contributed by atoms with Crippen LogP contribution < -0.4 is 15.8 Å². The quantitative estimate of drug-likeness (QED) is 0.748. The van der Waals surface area contributed by atoms with Crippen LogP contribution in [0.2, 0.25) is 0 Å². The van der Waals surface area contributed by atoms with Crippen molar-refractivity contribution in [2.75, 3.05) is 25.1 Å². The van der Waals surface area contributed by atoms with E-state index in [0.717, 1.165) is 19.4 Å². The Labute approximate surface area is 160 Å². The molecular weight excluding hydrogens is 370 g/mol. The van der Waals surface area contributed by atoms with Crippen LogP contribution in [0, 0.1) is 5.92 Å². The summed E-state index contributed by atoms with van der Waals surface area (Å²) in [4.78, 5) is 47.0. The standard InChI is InChI=1S/C17H23N5O4S/c1-10(2)19-15(24)11-5-4-6-21(7-11)17-20-14-13(27-17)16(25)22(9-18-14)8-12(23)26-3/h9-11H,4-8H2,1-3H3,(H,19,24)/t11-/m0/s1. The Bertz CT molecular complexity index is 906. The van der Waals surface area contributed by atoms with Crippen LogP contribution in [0.25, 0.3) is 10.3 Å². The number of fused-ring (bicyclic) bond motifs is 1. The summed E-state index contributed by atoms with van der Waals surface area (Å²) >= 11 is 1.24. The molecule has 2 aromatic heterocycles. The number of methoxy groups -OCH3 is 1. The average Bonchev–Trinajstić information content (AvgIpc) is 3.08. The number of amides is 1. The zero-order valence-electron chi connectivity index (χ0n) is 15.6. The molecule has 1 atom stereocenters. The molecule has 0 saturated carbocycles. The molecule has 1 N–H and O–H groups in total. The average molecular weight is 393 g/mol. The van der Waals surface area contributed by atoms with Crippen molar-refractivity contribution in [2.45, 2.75) is 39.3 Å². The van der Waals surface area contributed by atoms with Gasteiger partial charge in [-0.25, -0.2) is 4.98 Å². The minimum absolute atomic E-state index is 0.0503. The maximum Gasteiger partial charge on any atom is 0.325 e. The molecular formula is C17H23N5O4S. The monoisotopic (exact) mass is 393 g/mol. The molecule has 27 heavy (non-hydrogen) atoms. The molecule has 1 saturated heterocycles. The van der Waals surface area contributed by atoms with Crippen molar-refractivity contribution in [3.05, 3.63) is 16.7 Å². The fraction of sp³-hybridized carbons (Fsp3) is 0.588. The second-order valence-electron chi connectivity index (χ2n) is 6.85. The van der Waals surface area contributed by atoms with Crippen LogP contribution in [0.5, 0.6) is 0 Å². The van der Waals surface area contributed by atoms with E-state index in [2.05, 4.69) is 20.0 Å². The number of carbonyl (C=O) groups excluding carboxylic acids is 2. The van der Waals surface area contributed by atoms with Gasteiger partial charge >= 0.3 is 5.97 Å². The van der Waals surface area contributed by atoms with E-state index in [0.29, 0.717) is 22.0 Å². The third-order valence-corrected chi connectivity index (χ3v) is 5.49. The van der Waals surface area contributed by atoms with Crippen LogP contribution in [0.15, 0.2) is 11.1 Å². The van der Waals surface area contributed by atoms with E-state index in [1.165, 1.54) is 29.3 Å². The maximum absolute atomic E-state index is 12.6. The lowest BCUT2D eigenvalue weighted by Crippen LogP contribution is -2.44. The highest BCUT2D eigenvalue weighted by Crippen LogP contribution is 2.29. The molecule has 3 rings (SSSR count). The van der Waals surface area contributed by atoms with Crippen molar-refractivity contribution in [2.24, 2.45) is 5.92 Å². The number of rotatable bonds is 5. The Hall–Kier alpha value is -2.49. The van der Waals surface area contributed by atoms with E-state index in [-0.39, 0.29) is 30.0 Å². The third kappa shape index (κ3) is 4.26. The van der Waals surface area contributed by atoms with Gasteiger partial charge in [0.2, 0.25) is 5.91 Å². The molecule has 9 nitrogen and oxygen atoms in total. The molecule has 1 aliphatic rings. The minimum Gasteiger partial charge on any atom is -0.468 e. The highest BCUT2D eigenvalue weighted by atomic mass is 32.1. The van der Waals surface area contributed by atoms with E-state index in [4.69, 9.17) is 0 Å². The molecule has 2 aromatic rings. The summed E-state index contributed by atoms with van der Waals surface area (Å²) in [5, 5.41) is 3.63. The number of carbonyl (C=O) groups is 2. The van der Waals surface area contributed by atoms with Crippen molar-refractivity contribution >= 4 is 38.7 Å². The first kappa shape index (κ1) is 19.3. The molecule has 0 radical (unpaired) electrons. The lowest BCUT2D eigenvalue weighted by atomic mass is 9.97. The van der Waals surface area contributed by atoms with Gasteiger partial charge in [-0.3, -0.25) is 19.0 Å². The molecule has 1 amide bonds. The Kier molecular flexibility index (Phi) is 5.73. The number of nitrogens with zero attached hydrogens (tertiary/aromatic N) is 4. The number of thiazole rings is 1. The topological polar surface area (TPSA) is 106 Å². The summed E-state index contributed by atoms with van der Waals surface area (Å²) in [5.74, 6) is -0.565. The highest BCUT2D eigenvalue weighted by molar-refractivity contribution is 7.22. The number of nitrogens with one attached hydrogen (secondary N) is 1. The molecule has 10 heteroatoms. The Morgan fingerprint density at radius 1 is 1.44 bits per heavy atom. The van der Waals surface area contributed by atoms with Gasteiger partial charge in [0.1, 0.15) is 17.6 Å². The first-order valence-electron chi connectivity index (χ1n) is 8.87. The molecule has 0 unspecified atom stereocenters. The van der Waals surface area contributed by atoms with E-state index < -0.39 is 5.97 Å². The number of hydrogen-bond acceptors (Lipinski definition) is 8. The predicted molar refractivity (Wildman–Crippen MR) is 102 cm³/mol. The molecule has 3 heterocycles. The lowest BCUT2D eigenvalue weighted by molar-refractivity contribution is -0.141. The highest BCUT2D eigenvalue weighted by Gasteiger charge is 2.28. The van der Waals surface area contributed by atoms with Gasteiger partial charge in [-0.2, -0.15) is 4.98 Å². The van der Waals surface area contributed by atoms with E-state index in [9.17, 15) is 14.4 Å². The second-order valence-corrected chi connectivity index (χ2v) is 7.83. The van der Waals surface area contributed by atoms with Crippen molar-refractivity contribution in [1.82, 2.24) is 19.9 Å². The first-order valence-corrected chi connectivity index (χ1v) is 9.68. The number of hydrogen-bond donors (Lipinski definition) is 1. The third-order valence-electron chi connectivity index (χ3n) is 4.39. The van der Waals surface area contributed by atoms with Crippen molar-refractivity contribution < 1.29 is 14.3 Å². The van der Waals surface area contributed by atoms with Crippen LogP contribution in [0.4, 0.5) is 5.13 Å². The predicted octanol–water partition coefficient (Wildman–Crippen LogP) is 0.767. The summed E-state index contributed by atoms with van der Waals surface area (Å²) in [7, 11) is 1.27. The second kappa shape index (κ2) is 8.03. The molecule has 0 bridgehead atoms. The van der Waals surface area contributed by atoms with E-state index in [1.807, 2.05) is 18.7 Å². The van der Waals surface area contributed by atoms with Gasteiger partial charge in [0.25, 0.3) is 5.56 Å². The number of esters is 1. The Morgan fingerprint density at radius 2 is 2.22 bits per heavy atom. The van der Waals surface area contributed by atoms with Crippen LogP contribution >= 0.6 is 11.3 Å². The van der Waals surface area contributed by atoms with Crippen LogP contribution in [-0.2, 0) is 20.9 Å². The van der Waals surface area contributed by atoms with Gasteiger partial charge in [-0.1, -0.05) is 11.3 Å². The largest absolute Gasteiger partial charge is 0.468 e. The number of anilines is 1. The van der Waals surface area contributed by atoms with Gasteiger partial charge in [0, 0.05) is 19.1 Å². The van der Waals surface area contributed by atoms with E-state index in [1.54, 1.807) is 0 Å². The van der Waals surface area contributed by atoms with Gasteiger partial charge in [0.05, 0.1) is 13.0 Å². The zero-order valence-corrected chi connectivity index (χ0v) is 16.4. The van der Waals surface area contributed by atoms with Crippen LogP contribution in [0.1, 0.15) is 26.7 Å². The van der Waals surface area contributed by atoms with Crippen molar-refractivity contribution in [1.29, 1.82) is 0 Å². The van der Waals surface area contributed by atoms with E-state index >= 15 is 0 Å². The summed E-state index contributed by atoms with van der Waals surface area (Å²) < 4.78 is 6.21. The van der Waals surface area contributed by atoms with Gasteiger partial charge in [-0.05, 0) is 26.7 Å². The number of aromatic nitrogens is 3. The van der Waals surface area contributed by atoms with Gasteiger partial charge < -0.3 is 15.0 Å². The Balaban J connectivity index is 1.82. The summed E-state index contributed by atoms with van der Waals surface area (Å²) in [6.45, 7) is 5.04. The molecule has 1 fully saturated rings. The summed E-state index contributed by atoms with van der Waals surface area (Å²) in [6, 6.07) is 0.104. The van der Waals surface area contributed by atoms with Crippen LogP contribution in [-0.4, -0.2) is 52.7 Å². The molecule has 146 valence electrons. The van der Waals surface area contributed by atoms with Gasteiger partial charge in [-0.15, -0.1) is 0 Å². The normalized spacial score (nSPS) is 17.3. The zero-order chi connectivity index (χ0) is 19.6. The number of ether oxygens (including phenoxy) is 1. The fourth-order valence-corrected chi connectivity index (χ4v) is 4.06. The molecule has 0 aliphatic carbocycles. The summed E-state index contributed by atoms with van der Waals surface area (Å²) in [5.41, 5.74) is 0.0372. The molecule has 1 aliphatic heterocycles. The first-order chi connectivity index (χ1) is 12.9. The van der Waals surface area contributed by atoms with Crippen molar-refractivity contribution in [3.8, 4) is 0 Å². The minimum atomic E-state index is -0.516. The fourth-order valence-electron chi connectivity index (χ4n) is 3.05. The lowest BCUT2D eigenvalue weighted by Gasteiger charge is -2.32. The SMILES string of the molecule is COC(=O)Cn1cnc2nc(N3CCC[C@H](C(=O)NC(C)C)C3)sc2c1=O. The molecule has 0 aromatic carbocycles. The maximum atomic E-state index is 12.6. The smallest absolute Gasteiger partial charge is 0.325 e. The molecule has 0 spiro atoms. The Morgan fingerprint density at radius 3 is 2.93 bits per heavy atom. The number of piperidine rings is 1. The summed E-state index contributed by atoms with van der Waals surface area (Å²) in [6.07, 6.45) is 3.02. The van der Waals surface area contributed by atoms with Crippen molar-refractivity contribution in [3.63, 3.8) is 0 Å². The van der Waals surface area contributed by atoms with Crippen LogP contribution in [0.3, 0.4) is 0 Å². The van der Waals surface area contributed by atoms with Gasteiger partial charge in [0.15, 0.2) is 10.8 Å².